The molecule has 0 spiro atoms. The van der Waals surface area contributed by atoms with E-state index in [1.54, 1.807) is 6.07 Å². The van der Waals surface area contributed by atoms with Gasteiger partial charge in [0.25, 0.3) is 0 Å². The molecule has 0 atom stereocenters. The van der Waals surface area contributed by atoms with Crippen LogP contribution in [0.2, 0.25) is 10.0 Å². The molecule has 0 saturated heterocycles. The number of hydrogen-bond acceptors (Lipinski definition) is 1. The third-order valence-electron chi connectivity index (χ3n) is 2.45. The Morgan fingerprint density at radius 2 is 2.00 bits per heavy atom. The van der Waals surface area contributed by atoms with E-state index in [4.69, 9.17) is 23.2 Å². The Hall–Kier alpha value is -0.990. The van der Waals surface area contributed by atoms with Gasteiger partial charge in [0.2, 0.25) is 0 Å². The Morgan fingerprint density at radius 1 is 1.25 bits per heavy atom. The minimum atomic E-state index is 0.660. The highest BCUT2D eigenvalue weighted by atomic mass is 35.5. The van der Waals surface area contributed by atoms with Crippen LogP contribution in [0.5, 0.6) is 0 Å². The molecule has 16 heavy (non-hydrogen) atoms. The lowest BCUT2D eigenvalue weighted by atomic mass is 10.2. The van der Waals surface area contributed by atoms with Crippen LogP contribution in [-0.2, 0) is 6.54 Å². The lowest BCUT2D eigenvalue weighted by Gasteiger charge is -2.07. The molecular weight excluding hydrogens is 243 g/mol. The average Bonchev–Trinajstić information content (AvgIpc) is 2.50. The van der Waals surface area contributed by atoms with Crippen LogP contribution < -0.4 is 0 Å². The lowest BCUT2D eigenvalue weighted by molar-refractivity contribution is 0.762. The normalized spacial score (nSPS) is 10.8. The Labute approximate surface area is 105 Å². The van der Waals surface area contributed by atoms with E-state index in [1.807, 2.05) is 32.2 Å². The maximum absolute atomic E-state index is 6.12. The van der Waals surface area contributed by atoms with Crippen molar-refractivity contribution in [3.63, 3.8) is 0 Å². The van der Waals surface area contributed by atoms with Gasteiger partial charge in [-0.15, -0.1) is 0 Å². The number of aromatic nitrogens is 2. The van der Waals surface area contributed by atoms with E-state index in [-0.39, 0.29) is 0 Å². The zero-order valence-electron chi connectivity index (χ0n) is 9.17. The SMILES string of the molecule is Cc1cn(Cc2ccc(Cl)cc2Cl)c(C)n1. The molecule has 0 aliphatic carbocycles. The molecule has 1 heterocycles. The van der Waals surface area contributed by atoms with E-state index in [9.17, 15) is 0 Å². The topological polar surface area (TPSA) is 17.8 Å². The van der Waals surface area contributed by atoms with Crippen molar-refractivity contribution in [2.24, 2.45) is 0 Å². The first-order valence-corrected chi connectivity index (χ1v) is 5.76. The smallest absolute Gasteiger partial charge is 0.106 e. The molecule has 0 bridgehead atoms. The third-order valence-corrected chi connectivity index (χ3v) is 3.04. The molecule has 2 rings (SSSR count). The molecule has 84 valence electrons. The van der Waals surface area contributed by atoms with Crippen LogP contribution in [0.15, 0.2) is 24.4 Å². The Morgan fingerprint density at radius 3 is 2.56 bits per heavy atom. The van der Waals surface area contributed by atoms with Gasteiger partial charge in [-0.25, -0.2) is 4.98 Å². The zero-order valence-corrected chi connectivity index (χ0v) is 10.7. The molecular formula is C12H12Cl2N2. The fourth-order valence-corrected chi connectivity index (χ4v) is 2.13. The van der Waals surface area contributed by atoms with Crippen molar-refractivity contribution >= 4 is 23.2 Å². The number of aryl methyl sites for hydroxylation is 2. The highest BCUT2D eigenvalue weighted by molar-refractivity contribution is 6.35. The van der Waals surface area contributed by atoms with E-state index < -0.39 is 0 Å². The van der Waals surface area contributed by atoms with Gasteiger partial charge < -0.3 is 4.57 Å². The summed E-state index contributed by atoms with van der Waals surface area (Å²) in [7, 11) is 0. The first kappa shape index (κ1) is 11.5. The van der Waals surface area contributed by atoms with Crippen molar-refractivity contribution in [3.05, 3.63) is 51.5 Å². The highest BCUT2D eigenvalue weighted by Crippen LogP contribution is 2.22. The van der Waals surface area contributed by atoms with Crippen molar-refractivity contribution in [1.82, 2.24) is 9.55 Å². The van der Waals surface area contributed by atoms with Crippen LogP contribution in [0.3, 0.4) is 0 Å². The van der Waals surface area contributed by atoms with E-state index in [2.05, 4.69) is 9.55 Å². The quantitative estimate of drug-likeness (QED) is 0.796. The van der Waals surface area contributed by atoms with Gasteiger partial charge in [0.05, 0.1) is 12.2 Å². The fraction of sp³-hybridized carbons (Fsp3) is 0.250. The number of benzene rings is 1. The van der Waals surface area contributed by atoms with Crippen molar-refractivity contribution in [1.29, 1.82) is 0 Å². The molecule has 2 nitrogen and oxygen atoms in total. The van der Waals surface area contributed by atoms with Crippen LogP contribution >= 0.6 is 23.2 Å². The second-order valence-electron chi connectivity index (χ2n) is 3.79. The summed E-state index contributed by atoms with van der Waals surface area (Å²) < 4.78 is 2.07. The van der Waals surface area contributed by atoms with Gasteiger partial charge in [-0.3, -0.25) is 0 Å². The summed E-state index contributed by atoms with van der Waals surface area (Å²) in [6, 6.07) is 5.55. The standard InChI is InChI=1S/C12H12Cl2N2/c1-8-6-16(9(2)15-8)7-10-3-4-11(13)5-12(10)14/h3-6H,7H2,1-2H3. The summed E-state index contributed by atoms with van der Waals surface area (Å²) in [6.07, 6.45) is 2.01. The minimum Gasteiger partial charge on any atom is -0.330 e. The van der Waals surface area contributed by atoms with Crippen molar-refractivity contribution in [3.8, 4) is 0 Å². The summed E-state index contributed by atoms with van der Waals surface area (Å²) in [4.78, 5) is 4.35. The van der Waals surface area contributed by atoms with Gasteiger partial charge in [-0.1, -0.05) is 29.3 Å². The van der Waals surface area contributed by atoms with Gasteiger partial charge in [0.15, 0.2) is 0 Å². The first-order chi connectivity index (χ1) is 7.56. The predicted octanol–water partition coefficient (Wildman–Crippen LogP) is 3.86. The monoisotopic (exact) mass is 254 g/mol. The lowest BCUT2D eigenvalue weighted by Crippen LogP contribution is -2.01. The fourth-order valence-electron chi connectivity index (χ4n) is 1.66. The molecule has 2 aromatic rings. The van der Waals surface area contributed by atoms with Gasteiger partial charge in [-0.2, -0.15) is 0 Å². The molecule has 0 unspecified atom stereocenters. The zero-order chi connectivity index (χ0) is 11.7. The average molecular weight is 255 g/mol. The molecule has 0 saturated carbocycles. The predicted molar refractivity (Wildman–Crippen MR) is 67.3 cm³/mol. The summed E-state index contributed by atoms with van der Waals surface area (Å²) in [5.74, 6) is 0.989. The maximum atomic E-state index is 6.12. The molecule has 4 heteroatoms. The van der Waals surface area contributed by atoms with E-state index >= 15 is 0 Å². The van der Waals surface area contributed by atoms with E-state index in [1.165, 1.54) is 0 Å². The summed E-state index contributed by atoms with van der Waals surface area (Å²) in [5.41, 5.74) is 2.06. The number of nitrogens with zero attached hydrogens (tertiary/aromatic N) is 2. The second kappa shape index (κ2) is 4.48. The molecule has 0 radical (unpaired) electrons. The van der Waals surface area contributed by atoms with Crippen LogP contribution in [-0.4, -0.2) is 9.55 Å². The van der Waals surface area contributed by atoms with Gasteiger partial charge >= 0.3 is 0 Å². The van der Waals surface area contributed by atoms with Gasteiger partial charge in [0, 0.05) is 16.2 Å². The Balaban J connectivity index is 2.30. The molecule has 1 aromatic carbocycles. The largest absolute Gasteiger partial charge is 0.330 e. The van der Waals surface area contributed by atoms with Gasteiger partial charge in [0.1, 0.15) is 5.82 Å². The summed E-state index contributed by atoms with van der Waals surface area (Å²) in [5, 5.41) is 1.35. The van der Waals surface area contributed by atoms with Crippen molar-refractivity contribution in [2.45, 2.75) is 20.4 Å². The van der Waals surface area contributed by atoms with Crippen molar-refractivity contribution < 1.29 is 0 Å². The third kappa shape index (κ3) is 2.39. The van der Waals surface area contributed by atoms with E-state index in [0.29, 0.717) is 10.0 Å². The minimum absolute atomic E-state index is 0.660. The molecule has 0 fully saturated rings. The molecule has 0 N–H and O–H groups in total. The number of rotatable bonds is 2. The van der Waals surface area contributed by atoms with E-state index in [0.717, 1.165) is 23.6 Å². The Bertz CT molecular complexity index is 518. The molecule has 0 amide bonds. The summed E-state index contributed by atoms with van der Waals surface area (Å²) >= 11 is 12.0. The summed E-state index contributed by atoms with van der Waals surface area (Å²) in [6.45, 7) is 4.69. The van der Waals surface area contributed by atoms with Crippen molar-refractivity contribution in [2.75, 3.05) is 0 Å². The number of imidazole rings is 1. The molecule has 0 aliphatic rings. The van der Waals surface area contributed by atoms with Crippen LogP contribution in [0.25, 0.3) is 0 Å². The Kier molecular flexibility index (Phi) is 3.22. The highest BCUT2D eigenvalue weighted by Gasteiger charge is 2.05. The van der Waals surface area contributed by atoms with Crippen LogP contribution in [0, 0.1) is 13.8 Å². The maximum Gasteiger partial charge on any atom is 0.106 e. The number of halogens is 2. The molecule has 0 aliphatic heterocycles. The molecule has 1 aromatic heterocycles. The van der Waals surface area contributed by atoms with Crippen LogP contribution in [0.4, 0.5) is 0 Å². The van der Waals surface area contributed by atoms with Crippen LogP contribution in [0.1, 0.15) is 17.1 Å². The second-order valence-corrected chi connectivity index (χ2v) is 4.64. The first-order valence-electron chi connectivity index (χ1n) is 5.00. The number of hydrogen-bond donors (Lipinski definition) is 0. The van der Waals surface area contributed by atoms with Gasteiger partial charge in [-0.05, 0) is 31.5 Å².